The van der Waals surface area contributed by atoms with Crippen LogP contribution in [0.3, 0.4) is 0 Å². The third-order valence-electron chi connectivity index (χ3n) is 7.22. The van der Waals surface area contributed by atoms with Gasteiger partial charge in [0, 0.05) is 19.2 Å². The van der Waals surface area contributed by atoms with E-state index >= 15 is 0 Å². The van der Waals surface area contributed by atoms with Gasteiger partial charge < -0.3 is 19.7 Å². The summed E-state index contributed by atoms with van der Waals surface area (Å²) in [5.41, 5.74) is 3.89. The number of amides is 2. The summed E-state index contributed by atoms with van der Waals surface area (Å²) in [5, 5.41) is 2.95. The third kappa shape index (κ3) is 8.53. The molecule has 0 bridgehead atoms. The zero-order chi connectivity index (χ0) is 32.6. The molecule has 1 N–H and O–H groups in total. The average Bonchev–Trinajstić information content (AvgIpc) is 2.97. The number of hydrogen-bond donors (Lipinski definition) is 1. The van der Waals surface area contributed by atoms with E-state index in [0.29, 0.717) is 24.4 Å². The van der Waals surface area contributed by atoms with Crippen LogP contribution in [0.25, 0.3) is 0 Å². The van der Waals surface area contributed by atoms with Crippen LogP contribution in [0.1, 0.15) is 49.4 Å². The van der Waals surface area contributed by atoms with E-state index in [1.165, 1.54) is 37.3 Å². The fourth-order valence-corrected chi connectivity index (χ4v) is 6.49. The molecule has 0 saturated heterocycles. The predicted molar refractivity (Wildman–Crippen MR) is 174 cm³/mol. The van der Waals surface area contributed by atoms with Gasteiger partial charge in [-0.2, -0.15) is 0 Å². The molecule has 1 atom stereocenters. The first-order chi connectivity index (χ1) is 20.8. The fraction of sp³-hybridized carbons (Fsp3) is 0.412. The zero-order valence-electron chi connectivity index (χ0n) is 27.0. The molecule has 2 amide bonds. The van der Waals surface area contributed by atoms with Crippen LogP contribution < -0.4 is 19.1 Å². The van der Waals surface area contributed by atoms with E-state index in [-0.39, 0.29) is 29.0 Å². The number of carbonyl (C=O) groups is 2. The second-order valence-corrected chi connectivity index (χ2v) is 13.3. The van der Waals surface area contributed by atoms with Crippen molar-refractivity contribution in [2.24, 2.45) is 5.92 Å². The highest BCUT2D eigenvalue weighted by Crippen LogP contribution is 2.33. The second-order valence-electron chi connectivity index (χ2n) is 11.4. The number of ether oxygens (including phenoxy) is 2. The van der Waals surface area contributed by atoms with Crippen LogP contribution in [0, 0.1) is 26.7 Å². The van der Waals surface area contributed by atoms with E-state index in [0.717, 1.165) is 26.6 Å². The van der Waals surface area contributed by atoms with E-state index in [2.05, 4.69) is 5.32 Å². The molecule has 3 aromatic rings. The van der Waals surface area contributed by atoms with E-state index in [9.17, 15) is 18.0 Å². The van der Waals surface area contributed by atoms with E-state index in [4.69, 9.17) is 9.47 Å². The number of hydrogen-bond acceptors (Lipinski definition) is 6. The third-order valence-corrected chi connectivity index (χ3v) is 8.99. The maximum Gasteiger partial charge on any atom is 0.264 e. The van der Waals surface area contributed by atoms with E-state index in [1.54, 1.807) is 12.1 Å². The molecular formula is C34H45N3O6S. The molecule has 0 heterocycles. The summed E-state index contributed by atoms with van der Waals surface area (Å²) in [6.45, 7) is 11.6. The summed E-state index contributed by atoms with van der Waals surface area (Å²) in [6, 6.07) is 16.6. The van der Waals surface area contributed by atoms with Crippen LogP contribution in [0.4, 0.5) is 5.69 Å². The number of nitrogens with one attached hydrogen (secondary N) is 1. The van der Waals surface area contributed by atoms with Crippen LogP contribution in [-0.4, -0.2) is 58.5 Å². The highest BCUT2D eigenvalue weighted by molar-refractivity contribution is 7.92. The lowest BCUT2D eigenvalue weighted by molar-refractivity contribution is -0.140. The Kier molecular flexibility index (Phi) is 11.8. The second kappa shape index (κ2) is 15.1. The van der Waals surface area contributed by atoms with Gasteiger partial charge in [-0.15, -0.1) is 0 Å². The highest BCUT2D eigenvalue weighted by atomic mass is 32.2. The molecule has 0 aromatic heterocycles. The van der Waals surface area contributed by atoms with Gasteiger partial charge in [0.15, 0.2) is 11.5 Å². The maximum atomic E-state index is 14.3. The number of anilines is 1. The Morgan fingerprint density at radius 3 is 2.09 bits per heavy atom. The van der Waals surface area contributed by atoms with Gasteiger partial charge in [-0.25, -0.2) is 8.42 Å². The molecule has 0 radical (unpaired) electrons. The van der Waals surface area contributed by atoms with Crippen molar-refractivity contribution < 1.29 is 27.5 Å². The summed E-state index contributed by atoms with van der Waals surface area (Å²) in [4.78, 5) is 29.2. The highest BCUT2D eigenvalue weighted by Gasteiger charge is 2.34. The van der Waals surface area contributed by atoms with Crippen LogP contribution >= 0.6 is 0 Å². The Labute approximate surface area is 262 Å². The van der Waals surface area contributed by atoms with Gasteiger partial charge >= 0.3 is 0 Å². The minimum atomic E-state index is -4.28. The molecule has 9 nitrogen and oxygen atoms in total. The van der Waals surface area contributed by atoms with Crippen molar-refractivity contribution in [2.45, 2.75) is 65.4 Å². The molecule has 0 spiro atoms. The molecule has 1 unspecified atom stereocenters. The van der Waals surface area contributed by atoms with Crippen molar-refractivity contribution >= 4 is 27.5 Å². The normalized spacial score (nSPS) is 12.0. The Morgan fingerprint density at radius 2 is 1.52 bits per heavy atom. The first-order valence-electron chi connectivity index (χ1n) is 14.8. The maximum absolute atomic E-state index is 14.3. The molecule has 238 valence electrons. The summed E-state index contributed by atoms with van der Waals surface area (Å²) < 4.78 is 40.4. The topological polar surface area (TPSA) is 105 Å². The quantitative estimate of drug-likeness (QED) is 0.258. The van der Waals surface area contributed by atoms with E-state index < -0.39 is 28.5 Å². The zero-order valence-corrected chi connectivity index (χ0v) is 27.8. The predicted octanol–water partition coefficient (Wildman–Crippen LogP) is 5.40. The minimum absolute atomic E-state index is 0.0611. The monoisotopic (exact) mass is 623 g/mol. The van der Waals surface area contributed by atoms with Gasteiger partial charge in [-0.05, 0) is 74.1 Å². The molecular weight excluding hydrogens is 578 g/mol. The van der Waals surface area contributed by atoms with Gasteiger partial charge in [0.2, 0.25) is 11.8 Å². The van der Waals surface area contributed by atoms with Crippen molar-refractivity contribution in [3.05, 3.63) is 82.9 Å². The summed E-state index contributed by atoms with van der Waals surface area (Å²) >= 11 is 0. The number of sulfonamides is 1. The largest absolute Gasteiger partial charge is 0.493 e. The average molecular weight is 624 g/mol. The SMILES string of the molecule is CCC(C(=O)NCC(C)C)N(Cc1cccc(C)c1)C(=O)CN(c1cc(C)cc(C)c1)S(=O)(=O)c1ccc(OC)c(OC)c1. The molecule has 0 saturated carbocycles. The van der Waals surface area contributed by atoms with Crippen molar-refractivity contribution in [3.8, 4) is 11.5 Å². The molecule has 0 aliphatic rings. The van der Waals surface area contributed by atoms with Crippen molar-refractivity contribution in [1.29, 1.82) is 0 Å². The number of methoxy groups -OCH3 is 2. The molecule has 3 rings (SSSR count). The lowest BCUT2D eigenvalue weighted by Gasteiger charge is -2.33. The number of rotatable bonds is 14. The standard InChI is InChI=1S/C34H45N3O6S/c1-9-30(34(39)35-20-23(2)3)36(21-27-12-10-11-24(4)16-27)33(38)22-37(28-17-25(5)15-26(6)18-28)44(40,41)29-13-14-31(42-7)32(19-29)43-8/h10-19,23,30H,9,20-22H2,1-8H3,(H,35,39). The van der Waals surface area contributed by atoms with E-state index in [1.807, 2.05) is 71.9 Å². The van der Waals surface area contributed by atoms with Crippen molar-refractivity contribution in [3.63, 3.8) is 0 Å². The molecule has 0 aliphatic heterocycles. The summed E-state index contributed by atoms with van der Waals surface area (Å²) in [7, 11) is -1.38. The van der Waals surface area contributed by atoms with Gasteiger partial charge in [-0.1, -0.05) is 56.7 Å². The smallest absolute Gasteiger partial charge is 0.264 e. The molecule has 10 heteroatoms. The van der Waals surface area contributed by atoms with Crippen LogP contribution in [0.2, 0.25) is 0 Å². The Bertz CT molecular complexity index is 1550. The van der Waals surface area contributed by atoms with Crippen molar-refractivity contribution in [2.75, 3.05) is 31.6 Å². The Balaban J connectivity index is 2.13. The molecule has 0 aliphatic carbocycles. The summed E-state index contributed by atoms with van der Waals surface area (Å²) in [6.07, 6.45) is 0.355. The Hall–Kier alpha value is -4.05. The summed E-state index contributed by atoms with van der Waals surface area (Å²) in [5.74, 6) is 0.0745. The lowest BCUT2D eigenvalue weighted by Crippen LogP contribution is -2.52. The molecule has 44 heavy (non-hydrogen) atoms. The molecule has 0 fully saturated rings. The van der Waals surface area contributed by atoms with Crippen LogP contribution in [-0.2, 0) is 26.2 Å². The lowest BCUT2D eigenvalue weighted by atomic mass is 10.1. The van der Waals surface area contributed by atoms with Crippen LogP contribution in [0.5, 0.6) is 11.5 Å². The van der Waals surface area contributed by atoms with Crippen LogP contribution in [0.15, 0.2) is 65.6 Å². The van der Waals surface area contributed by atoms with Gasteiger partial charge in [0.25, 0.3) is 10.0 Å². The Morgan fingerprint density at radius 1 is 0.864 bits per heavy atom. The molecule has 3 aromatic carbocycles. The van der Waals surface area contributed by atoms with Gasteiger partial charge in [0.1, 0.15) is 12.6 Å². The fourth-order valence-electron chi connectivity index (χ4n) is 5.08. The number of benzene rings is 3. The first-order valence-corrected chi connectivity index (χ1v) is 16.2. The van der Waals surface area contributed by atoms with Crippen molar-refractivity contribution in [1.82, 2.24) is 10.2 Å². The number of nitrogens with zero attached hydrogens (tertiary/aromatic N) is 2. The van der Waals surface area contributed by atoms with Gasteiger partial charge in [-0.3, -0.25) is 13.9 Å². The van der Waals surface area contributed by atoms with Gasteiger partial charge in [0.05, 0.1) is 24.8 Å². The number of aryl methyl sites for hydroxylation is 3. The number of carbonyl (C=O) groups excluding carboxylic acids is 2. The first kappa shape index (κ1) is 34.4. The minimum Gasteiger partial charge on any atom is -0.493 e.